The number of carbonyl (C=O) groups is 3. The molecular weight excluding hydrogens is 436 g/mol. The van der Waals surface area contributed by atoms with E-state index >= 15 is 0 Å². The molecule has 2 aromatic carbocycles. The van der Waals surface area contributed by atoms with Crippen molar-refractivity contribution in [3.8, 4) is 0 Å². The number of thiazole rings is 1. The van der Waals surface area contributed by atoms with E-state index in [-0.39, 0.29) is 23.6 Å². The molecule has 2 heterocycles. The lowest BCUT2D eigenvalue weighted by Crippen LogP contribution is -2.43. The van der Waals surface area contributed by atoms with Gasteiger partial charge in [-0.1, -0.05) is 22.9 Å². The Morgan fingerprint density at radius 2 is 1.90 bits per heavy atom. The van der Waals surface area contributed by atoms with Crippen LogP contribution in [0, 0.1) is 5.92 Å². The van der Waals surface area contributed by atoms with E-state index in [0.29, 0.717) is 40.9 Å². The van der Waals surface area contributed by atoms with E-state index in [4.69, 9.17) is 11.6 Å². The minimum Gasteiger partial charge on any atom is -0.338 e. The molecule has 1 atom stereocenters. The molecule has 0 aliphatic carbocycles. The van der Waals surface area contributed by atoms with Crippen LogP contribution in [0.1, 0.15) is 30.1 Å². The van der Waals surface area contributed by atoms with Gasteiger partial charge in [-0.15, -0.1) is 0 Å². The van der Waals surface area contributed by atoms with E-state index in [0.717, 1.165) is 16.6 Å². The summed E-state index contributed by atoms with van der Waals surface area (Å²) in [5, 5.41) is 6.71. The van der Waals surface area contributed by atoms with Gasteiger partial charge in [-0.2, -0.15) is 0 Å². The zero-order chi connectivity index (χ0) is 22.0. The molecule has 3 aromatic rings. The Hall–Kier alpha value is -2.97. The van der Waals surface area contributed by atoms with Crippen molar-refractivity contribution in [2.45, 2.75) is 19.8 Å². The average molecular weight is 457 g/mol. The molecule has 7 nitrogen and oxygen atoms in total. The number of piperidine rings is 1. The number of fused-ring (bicyclic) bond motifs is 1. The Morgan fingerprint density at radius 1 is 1.13 bits per heavy atom. The summed E-state index contributed by atoms with van der Waals surface area (Å²) in [6.07, 6.45) is 1.48. The first-order valence-electron chi connectivity index (χ1n) is 9.93. The predicted molar refractivity (Wildman–Crippen MR) is 123 cm³/mol. The van der Waals surface area contributed by atoms with Crippen molar-refractivity contribution in [3.05, 3.63) is 53.1 Å². The SMILES string of the molecule is CC(=O)Nc1ccc2nc(NC(=O)C3CCCN(C(=O)c4ccc(Cl)cc4)C3)sc2c1. The first-order valence-corrected chi connectivity index (χ1v) is 11.1. The molecule has 1 saturated heterocycles. The molecule has 1 aliphatic heterocycles. The number of aromatic nitrogens is 1. The molecule has 3 amide bonds. The van der Waals surface area contributed by atoms with Gasteiger partial charge >= 0.3 is 0 Å². The number of anilines is 2. The fourth-order valence-corrected chi connectivity index (χ4v) is 4.65. The van der Waals surface area contributed by atoms with Crippen molar-refractivity contribution in [3.63, 3.8) is 0 Å². The van der Waals surface area contributed by atoms with Gasteiger partial charge in [0.15, 0.2) is 5.13 Å². The van der Waals surface area contributed by atoms with Crippen molar-refractivity contribution < 1.29 is 14.4 Å². The lowest BCUT2D eigenvalue weighted by Gasteiger charge is -2.32. The van der Waals surface area contributed by atoms with Crippen LogP contribution < -0.4 is 10.6 Å². The third-order valence-electron chi connectivity index (χ3n) is 5.11. The van der Waals surface area contributed by atoms with Gasteiger partial charge in [0.05, 0.1) is 16.1 Å². The monoisotopic (exact) mass is 456 g/mol. The van der Waals surface area contributed by atoms with Crippen molar-refractivity contribution in [2.75, 3.05) is 23.7 Å². The molecular formula is C22H21ClN4O3S. The summed E-state index contributed by atoms with van der Waals surface area (Å²) in [6.45, 7) is 2.44. The highest BCUT2D eigenvalue weighted by atomic mass is 35.5. The fourth-order valence-electron chi connectivity index (χ4n) is 3.62. The van der Waals surface area contributed by atoms with E-state index in [2.05, 4.69) is 15.6 Å². The zero-order valence-electron chi connectivity index (χ0n) is 16.9. The van der Waals surface area contributed by atoms with Gasteiger partial charge in [0.1, 0.15) is 0 Å². The van der Waals surface area contributed by atoms with Crippen LogP contribution in [0.3, 0.4) is 0 Å². The largest absolute Gasteiger partial charge is 0.338 e. The maximum atomic E-state index is 12.8. The minimum atomic E-state index is -0.299. The Morgan fingerprint density at radius 3 is 2.65 bits per heavy atom. The second kappa shape index (κ2) is 9.03. The third-order valence-corrected chi connectivity index (χ3v) is 6.30. The molecule has 160 valence electrons. The highest BCUT2D eigenvalue weighted by Crippen LogP contribution is 2.29. The number of carbonyl (C=O) groups excluding carboxylic acids is 3. The van der Waals surface area contributed by atoms with Crippen LogP contribution in [-0.4, -0.2) is 40.7 Å². The molecule has 0 saturated carbocycles. The smallest absolute Gasteiger partial charge is 0.253 e. The summed E-state index contributed by atoms with van der Waals surface area (Å²) in [5.41, 5.74) is 1.99. The number of likely N-dealkylation sites (tertiary alicyclic amines) is 1. The highest BCUT2D eigenvalue weighted by Gasteiger charge is 2.29. The zero-order valence-corrected chi connectivity index (χ0v) is 18.4. The lowest BCUT2D eigenvalue weighted by atomic mass is 9.96. The van der Waals surface area contributed by atoms with Crippen LogP contribution in [0.15, 0.2) is 42.5 Å². The minimum absolute atomic E-state index is 0.0975. The van der Waals surface area contributed by atoms with E-state index in [1.807, 2.05) is 6.07 Å². The van der Waals surface area contributed by atoms with Crippen LogP contribution in [-0.2, 0) is 9.59 Å². The molecule has 31 heavy (non-hydrogen) atoms. The van der Waals surface area contributed by atoms with Gasteiger partial charge < -0.3 is 15.5 Å². The molecule has 1 fully saturated rings. The molecule has 0 radical (unpaired) electrons. The maximum absolute atomic E-state index is 12.8. The highest BCUT2D eigenvalue weighted by molar-refractivity contribution is 7.22. The number of amides is 3. The van der Waals surface area contributed by atoms with Gasteiger partial charge in [0.25, 0.3) is 5.91 Å². The Labute approximate surface area is 188 Å². The van der Waals surface area contributed by atoms with Gasteiger partial charge in [0, 0.05) is 36.3 Å². The van der Waals surface area contributed by atoms with Crippen molar-refractivity contribution >= 4 is 61.7 Å². The summed E-state index contributed by atoms with van der Waals surface area (Å²) < 4.78 is 0.865. The summed E-state index contributed by atoms with van der Waals surface area (Å²) in [5.74, 6) is -0.686. The first kappa shape index (κ1) is 21.3. The molecule has 1 aliphatic rings. The van der Waals surface area contributed by atoms with Crippen molar-refractivity contribution in [1.82, 2.24) is 9.88 Å². The van der Waals surface area contributed by atoms with Crippen LogP contribution in [0.4, 0.5) is 10.8 Å². The predicted octanol–water partition coefficient (Wildman–Crippen LogP) is 4.40. The first-order chi connectivity index (χ1) is 14.9. The fraction of sp³-hybridized carbons (Fsp3) is 0.273. The number of benzene rings is 2. The third kappa shape index (κ3) is 5.03. The molecule has 0 bridgehead atoms. The second-order valence-electron chi connectivity index (χ2n) is 7.47. The molecule has 4 rings (SSSR count). The topological polar surface area (TPSA) is 91.4 Å². The van der Waals surface area contributed by atoms with Crippen LogP contribution in [0.5, 0.6) is 0 Å². The number of hydrogen-bond acceptors (Lipinski definition) is 5. The van der Waals surface area contributed by atoms with Crippen LogP contribution in [0.2, 0.25) is 5.02 Å². The number of nitrogens with one attached hydrogen (secondary N) is 2. The Kier molecular flexibility index (Phi) is 6.20. The Balaban J connectivity index is 1.42. The second-order valence-corrected chi connectivity index (χ2v) is 8.94. The maximum Gasteiger partial charge on any atom is 0.253 e. The van der Waals surface area contributed by atoms with Crippen LogP contribution >= 0.6 is 22.9 Å². The normalized spacial score (nSPS) is 16.2. The molecule has 9 heteroatoms. The number of hydrogen-bond donors (Lipinski definition) is 2. The summed E-state index contributed by atoms with van der Waals surface area (Å²) >= 11 is 7.25. The molecule has 1 aromatic heterocycles. The van der Waals surface area contributed by atoms with Gasteiger partial charge in [0.2, 0.25) is 11.8 Å². The standard InChI is InChI=1S/C22H21ClN4O3S/c1-13(28)24-17-8-9-18-19(11-17)31-22(25-18)26-20(29)15-3-2-10-27(12-15)21(30)14-4-6-16(23)7-5-14/h4-9,11,15H,2-3,10,12H2,1H3,(H,24,28)(H,25,26,29). The van der Waals surface area contributed by atoms with E-state index < -0.39 is 0 Å². The summed E-state index contributed by atoms with van der Waals surface area (Å²) in [7, 11) is 0. The van der Waals surface area contributed by atoms with E-state index in [9.17, 15) is 14.4 Å². The van der Waals surface area contributed by atoms with Gasteiger partial charge in [-0.3, -0.25) is 14.4 Å². The number of nitrogens with zero attached hydrogens (tertiary/aromatic N) is 2. The number of halogens is 1. The van der Waals surface area contributed by atoms with Gasteiger partial charge in [-0.05, 0) is 55.3 Å². The average Bonchev–Trinajstić information content (AvgIpc) is 3.15. The molecule has 0 spiro atoms. The summed E-state index contributed by atoms with van der Waals surface area (Å²) in [6, 6.07) is 12.2. The molecule has 1 unspecified atom stereocenters. The summed E-state index contributed by atoms with van der Waals surface area (Å²) in [4.78, 5) is 43.0. The van der Waals surface area contributed by atoms with Crippen LogP contribution in [0.25, 0.3) is 10.2 Å². The van der Waals surface area contributed by atoms with Crippen molar-refractivity contribution in [2.24, 2.45) is 5.92 Å². The molecule has 2 N–H and O–H groups in total. The van der Waals surface area contributed by atoms with E-state index in [1.54, 1.807) is 41.3 Å². The lowest BCUT2D eigenvalue weighted by molar-refractivity contribution is -0.121. The van der Waals surface area contributed by atoms with Gasteiger partial charge in [-0.25, -0.2) is 4.98 Å². The van der Waals surface area contributed by atoms with Crippen molar-refractivity contribution in [1.29, 1.82) is 0 Å². The quantitative estimate of drug-likeness (QED) is 0.608. The number of rotatable bonds is 4. The Bertz CT molecular complexity index is 1150. The van der Waals surface area contributed by atoms with E-state index in [1.165, 1.54) is 18.3 Å².